The second kappa shape index (κ2) is 8.85. The number of sulfonamides is 1. The van der Waals surface area contributed by atoms with Gasteiger partial charge in [0.1, 0.15) is 17.2 Å². The second-order valence-electron chi connectivity index (χ2n) is 7.07. The quantitative estimate of drug-likeness (QED) is 0.478. The Hall–Kier alpha value is -2.63. The van der Waals surface area contributed by atoms with Gasteiger partial charge in [0.2, 0.25) is 10.0 Å². The second-order valence-corrected chi connectivity index (χ2v) is 9.64. The van der Waals surface area contributed by atoms with Crippen molar-refractivity contribution < 1.29 is 31.9 Å². The zero-order valence-electron chi connectivity index (χ0n) is 17.2. The van der Waals surface area contributed by atoms with E-state index in [9.17, 15) is 18.0 Å². The third-order valence-electron chi connectivity index (χ3n) is 4.67. The lowest BCUT2D eigenvalue weighted by molar-refractivity contribution is -0.143. The molecule has 1 amide bonds. The molecule has 0 fully saturated rings. The zero-order valence-corrected chi connectivity index (χ0v) is 19.6. The highest BCUT2D eigenvalue weighted by atomic mass is 79.9. The van der Waals surface area contributed by atoms with Crippen molar-refractivity contribution in [1.82, 2.24) is 4.72 Å². The molecule has 166 valence electrons. The summed E-state index contributed by atoms with van der Waals surface area (Å²) in [6.07, 6.45) is -0.638. The number of ether oxygens (including phenoxy) is 2. The minimum Gasteiger partial charge on any atom is -0.468 e. The van der Waals surface area contributed by atoms with Crippen LogP contribution >= 0.6 is 15.9 Å². The number of halogens is 1. The number of nitrogens with one attached hydrogen (secondary N) is 2. The van der Waals surface area contributed by atoms with Crippen LogP contribution in [0.15, 0.2) is 44.1 Å². The van der Waals surface area contributed by atoms with Gasteiger partial charge < -0.3 is 13.9 Å². The fraction of sp³-hybridized carbons (Fsp3) is 0.300. The van der Waals surface area contributed by atoms with Crippen LogP contribution in [-0.4, -0.2) is 40.7 Å². The molecule has 0 saturated heterocycles. The van der Waals surface area contributed by atoms with E-state index >= 15 is 0 Å². The van der Waals surface area contributed by atoms with Crippen LogP contribution < -0.4 is 10.0 Å². The van der Waals surface area contributed by atoms with E-state index in [0.717, 1.165) is 0 Å². The maximum absolute atomic E-state index is 12.9. The average molecular weight is 513 g/mol. The van der Waals surface area contributed by atoms with Crippen LogP contribution in [0.4, 0.5) is 10.5 Å². The molecule has 31 heavy (non-hydrogen) atoms. The molecule has 0 radical (unpaired) electrons. The highest BCUT2D eigenvalue weighted by molar-refractivity contribution is 9.10. The van der Waals surface area contributed by atoms with Gasteiger partial charge in [-0.2, -0.15) is 4.72 Å². The van der Waals surface area contributed by atoms with Crippen molar-refractivity contribution in [3.05, 3.63) is 34.8 Å². The first-order valence-electron chi connectivity index (χ1n) is 9.18. The monoisotopic (exact) mass is 512 g/mol. The Kier molecular flexibility index (Phi) is 6.58. The van der Waals surface area contributed by atoms with Gasteiger partial charge in [-0.1, -0.05) is 13.8 Å². The predicted molar refractivity (Wildman–Crippen MR) is 118 cm³/mol. The number of hydrogen-bond acceptors (Lipinski definition) is 7. The third kappa shape index (κ3) is 4.68. The SMILES string of the molecule is COC(=O)Nc1cc2oc3ccc(S(=O)(=O)N[C@H](C(=O)OC)C(C)C)cc3c2cc1Br. The number of methoxy groups -OCH3 is 2. The predicted octanol–water partition coefficient (Wildman–Crippen LogP) is 4.00. The van der Waals surface area contributed by atoms with Crippen molar-refractivity contribution in [1.29, 1.82) is 0 Å². The molecule has 1 aromatic heterocycles. The summed E-state index contributed by atoms with van der Waals surface area (Å²) in [5, 5.41) is 3.76. The molecule has 0 aliphatic rings. The van der Waals surface area contributed by atoms with Crippen molar-refractivity contribution in [2.75, 3.05) is 19.5 Å². The number of fused-ring (bicyclic) bond motifs is 3. The number of anilines is 1. The van der Waals surface area contributed by atoms with E-state index in [0.29, 0.717) is 32.1 Å². The Labute approximate surface area is 187 Å². The number of hydrogen-bond donors (Lipinski definition) is 2. The van der Waals surface area contributed by atoms with E-state index in [1.54, 1.807) is 26.0 Å². The van der Waals surface area contributed by atoms with Crippen molar-refractivity contribution >= 4 is 65.6 Å². The number of benzene rings is 2. The lowest BCUT2D eigenvalue weighted by Crippen LogP contribution is -2.44. The van der Waals surface area contributed by atoms with Gasteiger partial charge in [0.25, 0.3) is 0 Å². The maximum Gasteiger partial charge on any atom is 0.411 e. The van der Waals surface area contributed by atoms with Gasteiger partial charge in [-0.15, -0.1) is 0 Å². The Balaban J connectivity index is 2.05. The maximum atomic E-state index is 12.9. The first kappa shape index (κ1) is 23.0. The van der Waals surface area contributed by atoms with Gasteiger partial charge in [0.15, 0.2) is 0 Å². The number of esters is 1. The number of carbonyl (C=O) groups is 2. The highest BCUT2D eigenvalue weighted by Gasteiger charge is 2.29. The first-order valence-corrected chi connectivity index (χ1v) is 11.5. The largest absolute Gasteiger partial charge is 0.468 e. The summed E-state index contributed by atoms with van der Waals surface area (Å²) in [4.78, 5) is 23.5. The third-order valence-corrected chi connectivity index (χ3v) is 6.76. The number of rotatable bonds is 6. The van der Waals surface area contributed by atoms with E-state index < -0.39 is 28.1 Å². The molecule has 1 atom stereocenters. The molecule has 11 heteroatoms. The summed E-state index contributed by atoms with van der Waals surface area (Å²) < 4.78 is 43.9. The fourth-order valence-corrected chi connectivity index (χ4v) is 4.82. The van der Waals surface area contributed by atoms with Gasteiger partial charge in [0, 0.05) is 21.3 Å². The minimum atomic E-state index is -4.01. The Bertz CT molecular complexity index is 1270. The molecule has 2 aromatic carbocycles. The van der Waals surface area contributed by atoms with Crippen LogP contribution in [0.3, 0.4) is 0 Å². The van der Waals surface area contributed by atoms with Crippen LogP contribution in [0.5, 0.6) is 0 Å². The van der Waals surface area contributed by atoms with Gasteiger partial charge in [-0.25, -0.2) is 13.2 Å². The van der Waals surface area contributed by atoms with E-state index in [2.05, 4.69) is 30.7 Å². The van der Waals surface area contributed by atoms with Crippen LogP contribution in [0, 0.1) is 5.92 Å². The number of amides is 1. The van der Waals surface area contributed by atoms with E-state index in [1.165, 1.54) is 32.4 Å². The summed E-state index contributed by atoms with van der Waals surface area (Å²) in [7, 11) is -1.55. The van der Waals surface area contributed by atoms with Crippen LogP contribution in [0.1, 0.15) is 13.8 Å². The van der Waals surface area contributed by atoms with Crippen molar-refractivity contribution in [2.45, 2.75) is 24.8 Å². The molecule has 0 saturated carbocycles. The first-order chi connectivity index (χ1) is 14.6. The molecule has 9 nitrogen and oxygen atoms in total. The Morgan fingerprint density at radius 2 is 1.71 bits per heavy atom. The highest BCUT2D eigenvalue weighted by Crippen LogP contribution is 2.36. The van der Waals surface area contributed by atoms with E-state index in [1.807, 2.05) is 0 Å². The summed E-state index contributed by atoms with van der Waals surface area (Å²) in [6.45, 7) is 3.43. The Morgan fingerprint density at radius 3 is 2.32 bits per heavy atom. The van der Waals surface area contributed by atoms with Crippen LogP contribution in [0.25, 0.3) is 21.9 Å². The molecular weight excluding hydrogens is 492 g/mol. The van der Waals surface area contributed by atoms with E-state index in [4.69, 9.17) is 9.15 Å². The lowest BCUT2D eigenvalue weighted by Gasteiger charge is -2.19. The minimum absolute atomic E-state index is 0.0230. The summed E-state index contributed by atoms with van der Waals surface area (Å²) in [5.41, 5.74) is 1.34. The van der Waals surface area contributed by atoms with E-state index in [-0.39, 0.29) is 10.8 Å². The lowest BCUT2D eigenvalue weighted by atomic mass is 10.1. The molecule has 0 bridgehead atoms. The molecule has 1 heterocycles. The summed E-state index contributed by atoms with van der Waals surface area (Å²) in [6, 6.07) is 6.69. The zero-order chi connectivity index (χ0) is 22.9. The van der Waals surface area contributed by atoms with Gasteiger partial charge >= 0.3 is 12.1 Å². The van der Waals surface area contributed by atoms with Crippen molar-refractivity contribution in [3.8, 4) is 0 Å². The molecule has 2 N–H and O–H groups in total. The number of furan rings is 1. The molecule has 0 unspecified atom stereocenters. The van der Waals surface area contributed by atoms with Gasteiger partial charge in [0.05, 0.1) is 24.8 Å². The molecule has 0 aliphatic carbocycles. The van der Waals surface area contributed by atoms with Crippen LogP contribution in [-0.2, 0) is 24.3 Å². The average Bonchev–Trinajstić information content (AvgIpc) is 3.08. The number of carbonyl (C=O) groups excluding carboxylic acids is 2. The summed E-state index contributed by atoms with van der Waals surface area (Å²) >= 11 is 3.38. The standard InChI is InChI=1S/C20H21BrN2O7S/c1-10(2)18(19(24)28-3)23-31(26,27)11-5-6-16-12(7-11)13-8-14(21)15(9-17(13)30-16)22-20(25)29-4/h5-10,18,23H,1-4H3,(H,22,25)/t18-/m0/s1. The molecule has 0 spiro atoms. The van der Waals surface area contributed by atoms with Crippen LogP contribution in [0.2, 0.25) is 0 Å². The molecule has 0 aliphatic heterocycles. The Morgan fingerprint density at radius 1 is 1.03 bits per heavy atom. The van der Waals surface area contributed by atoms with Gasteiger partial charge in [-0.3, -0.25) is 10.1 Å². The van der Waals surface area contributed by atoms with Gasteiger partial charge in [-0.05, 0) is 46.1 Å². The molecule has 3 rings (SSSR count). The normalized spacial score (nSPS) is 12.8. The smallest absolute Gasteiger partial charge is 0.411 e. The fourth-order valence-electron chi connectivity index (χ4n) is 3.02. The molecule has 3 aromatic rings. The van der Waals surface area contributed by atoms with Crippen molar-refractivity contribution in [2.24, 2.45) is 5.92 Å². The molecular formula is C20H21BrN2O7S. The van der Waals surface area contributed by atoms with Crippen molar-refractivity contribution in [3.63, 3.8) is 0 Å². The summed E-state index contributed by atoms with van der Waals surface area (Å²) in [5.74, 6) is -0.972. The topological polar surface area (TPSA) is 124 Å².